The molecule has 1 heterocycles. The smallest absolute Gasteiger partial charge is 0.0640 e. The maximum atomic E-state index is 2.43. The zero-order valence-electron chi connectivity index (χ0n) is 25.1. The molecule has 0 aliphatic carbocycles. The molecule has 0 aliphatic heterocycles. The molecular formula is C44H29NS. The van der Waals surface area contributed by atoms with Gasteiger partial charge in [0, 0.05) is 26.8 Å². The Balaban J connectivity index is 1.23. The normalized spacial score (nSPS) is 11.5. The van der Waals surface area contributed by atoms with Gasteiger partial charge in [0.1, 0.15) is 0 Å². The van der Waals surface area contributed by atoms with Crippen molar-refractivity contribution in [1.82, 2.24) is 0 Å². The van der Waals surface area contributed by atoms with E-state index in [9.17, 15) is 0 Å². The second-order valence-electron chi connectivity index (χ2n) is 11.8. The highest BCUT2D eigenvalue weighted by atomic mass is 32.1. The molecule has 9 rings (SSSR count). The molecule has 0 aliphatic rings. The topological polar surface area (TPSA) is 3.24 Å². The van der Waals surface area contributed by atoms with E-state index < -0.39 is 0 Å². The fourth-order valence-electron chi connectivity index (χ4n) is 6.74. The summed E-state index contributed by atoms with van der Waals surface area (Å²) in [6.07, 6.45) is 0. The fraction of sp³-hybridized carbons (Fsp3) is 0. The number of rotatable bonds is 5. The predicted octanol–water partition coefficient (Wildman–Crippen LogP) is 13.2. The van der Waals surface area contributed by atoms with E-state index in [-0.39, 0.29) is 0 Å². The number of thiophene rings is 1. The van der Waals surface area contributed by atoms with Gasteiger partial charge in [-0.2, -0.15) is 0 Å². The molecule has 0 N–H and O–H groups in total. The third-order valence-corrected chi connectivity index (χ3v) is 10.3. The molecule has 0 radical (unpaired) electrons. The molecule has 46 heavy (non-hydrogen) atoms. The van der Waals surface area contributed by atoms with Gasteiger partial charge >= 0.3 is 0 Å². The summed E-state index contributed by atoms with van der Waals surface area (Å²) < 4.78 is 2.63. The Morgan fingerprint density at radius 3 is 1.80 bits per heavy atom. The fourth-order valence-corrected chi connectivity index (χ4v) is 8.08. The number of fused-ring (bicyclic) bond motifs is 6. The van der Waals surface area contributed by atoms with Crippen LogP contribution in [0.5, 0.6) is 0 Å². The van der Waals surface area contributed by atoms with Gasteiger partial charge in [0.05, 0.1) is 10.4 Å². The standard InChI is InChI=1S/C44H29NS/c1-2-10-30(11-3-1)35-15-8-16-38(29-35)45(37-25-22-32(23-26-37)36-21-20-31-12-4-5-14-34(31)28-36)42-19-9-18-40-41-27-24-33-13-6-7-17-39(33)43(41)46-44(40)42/h1-29H. The minimum atomic E-state index is 1.13. The van der Waals surface area contributed by atoms with Crippen molar-refractivity contribution in [2.24, 2.45) is 0 Å². The zero-order valence-corrected chi connectivity index (χ0v) is 25.9. The largest absolute Gasteiger partial charge is 0.309 e. The average molecular weight is 604 g/mol. The summed E-state index contributed by atoms with van der Waals surface area (Å²) in [6, 6.07) is 63.9. The Kier molecular flexibility index (Phi) is 6.40. The van der Waals surface area contributed by atoms with Crippen molar-refractivity contribution in [2.75, 3.05) is 4.90 Å². The quantitative estimate of drug-likeness (QED) is 0.189. The Morgan fingerprint density at radius 1 is 0.326 bits per heavy atom. The Bertz CT molecular complexity index is 2530. The van der Waals surface area contributed by atoms with Crippen LogP contribution >= 0.6 is 11.3 Å². The SMILES string of the molecule is c1ccc(-c2cccc(N(c3ccc(-c4ccc5ccccc5c4)cc3)c3cccc4c3sc3c5ccccc5ccc43)c2)cc1. The summed E-state index contributed by atoms with van der Waals surface area (Å²) in [5.74, 6) is 0. The first kappa shape index (κ1) is 26.7. The monoisotopic (exact) mass is 603 g/mol. The Morgan fingerprint density at radius 2 is 0.935 bits per heavy atom. The van der Waals surface area contributed by atoms with Gasteiger partial charge in [-0.15, -0.1) is 11.3 Å². The van der Waals surface area contributed by atoms with Crippen LogP contribution in [0, 0.1) is 0 Å². The van der Waals surface area contributed by atoms with E-state index >= 15 is 0 Å². The van der Waals surface area contributed by atoms with Crippen molar-refractivity contribution in [2.45, 2.75) is 0 Å². The molecule has 216 valence electrons. The van der Waals surface area contributed by atoms with E-state index in [1.54, 1.807) is 0 Å². The van der Waals surface area contributed by atoms with E-state index in [4.69, 9.17) is 0 Å². The maximum Gasteiger partial charge on any atom is 0.0640 e. The van der Waals surface area contributed by atoms with E-state index in [1.165, 1.54) is 69.7 Å². The van der Waals surface area contributed by atoms with Crippen LogP contribution in [0.1, 0.15) is 0 Å². The molecule has 0 unspecified atom stereocenters. The van der Waals surface area contributed by atoms with E-state index in [0.29, 0.717) is 0 Å². The average Bonchev–Trinajstić information content (AvgIpc) is 3.53. The van der Waals surface area contributed by atoms with Crippen molar-refractivity contribution in [1.29, 1.82) is 0 Å². The summed E-state index contributed by atoms with van der Waals surface area (Å²) in [5.41, 5.74) is 8.29. The van der Waals surface area contributed by atoms with Crippen molar-refractivity contribution in [3.05, 3.63) is 176 Å². The van der Waals surface area contributed by atoms with Crippen molar-refractivity contribution in [3.63, 3.8) is 0 Å². The summed E-state index contributed by atoms with van der Waals surface area (Å²) in [4.78, 5) is 2.43. The van der Waals surface area contributed by atoms with Gasteiger partial charge in [0.2, 0.25) is 0 Å². The summed E-state index contributed by atoms with van der Waals surface area (Å²) in [6.45, 7) is 0. The van der Waals surface area contributed by atoms with Crippen LogP contribution < -0.4 is 4.90 Å². The summed E-state index contributed by atoms with van der Waals surface area (Å²) in [7, 11) is 0. The number of benzene rings is 8. The van der Waals surface area contributed by atoms with Crippen LogP contribution in [0.2, 0.25) is 0 Å². The van der Waals surface area contributed by atoms with Gasteiger partial charge in [-0.25, -0.2) is 0 Å². The molecule has 0 fully saturated rings. The first-order chi connectivity index (χ1) is 22.8. The van der Waals surface area contributed by atoms with Crippen LogP contribution in [-0.4, -0.2) is 0 Å². The first-order valence-corrected chi connectivity index (χ1v) is 16.5. The van der Waals surface area contributed by atoms with Crippen molar-refractivity contribution >= 4 is 70.1 Å². The minimum Gasteiger partial charge on any atom is -0.309 e. The van der Waals surface area contributed by atoms with Gasteiger partial charge in [0.15, 0.2) is 0 Å². The molecule has 0 spiro atoms. The second kappa shape index (κ2) is 11.0. The lowest BCUT2D eigenvalue weighted by Crippen LogP contribution is -2.10. The van der Waals surface area contributed by atoms with Crippen molar-refractivity contribution < 1.29 is 0 Å². The number of nitrogens with zero attached hydrogens (tertiary/aromatic N) is 1. The first-order valence-electron chi connectivity index (χ1n) is 15.7. The summed E-state index contributed by atoms with van der Waals surface area (Å²) in [5, 5.41) is 7.71. The third kappa shape index (κ3) is 4.54. The predicted molar refractivity (Wildman–Crippen MR) is 200 cm³/mol. The third-order valence-electron chi connectivity index (χ3n) is 9.03. The molecule has 0 amide bonds. The van der Waals surface area contributed by atoms with E-state index in [2.05, 4.69) is 181 Å². The molecule has 9 aromatic rings. The molecule has 0 saturated heterocycles. The van der Waals surface area contributed by atoms with Crippen LogP contribution in [0.25, 0.3) is 64.0 Å². The van der Waals surface area contributed by atoms with Gasteiger partial charge < -0.3 is 4.90 Å². The molecule has 0 bridgehead atoms. The molecule has 0 atom stereocenters. The highest BCUT2D eigenvalue weighted by Gasteiger charge is 2.19. The molecule has 1 nitrogen and oxygen atoms in total. The van der Waals surface area contributed by atoms with Crippen LogP contribution in [-0.2, 0) is 0 Å². The minimum absolute atomic E-state index is 1.13. The second-order valence-corrected chi connectivity index (χ2v) is 12.8. The van der Waals surface area contributed by atoms with E-state index in [1.807, 2.05) is 11.3 Å². The maximum absolute atomic E-state index is 2.43. The molecule has 1 aromatic heterocycles. The molecular weight excluding hydrogens is 575 g/mol. The molecule has 8 aromatic carbocycles. The van der Waals surface area contributed by atoms with Crippen molar-refractivity contribution in [3.8, 4) is 22.3 Å². The van der Waals surface area contributed by atoms with Crippen LogP contribution in [0.4, 0.5) is 17.1 Å². The van der Waals surface area contributed by atoms with Crippen LogP contribution in [0.3, 0.4) is 0 Å². The summed E-state index contributed by atoms with van der Waals surface area (Å²) >= 11 is 1.90. The lowest BCUT2D eigenvalue weighted by Gasteiger charge is -2.27. The Labute approximate surface area is 272 Å². The van der Waals surface area contributed by atoms with Gasteiger partial charge in [-0.1, -0.05) is 140 Å². The van der Waals surface area contributed by atoms with Gasteiger partial charge in [0.25, 0.3) is 0 Å². The highest BCUT2D eigenvalue weighted by molar-refractivity contribution is 7.27. The molecule has 2 heteroatoms. The highest BCUT2D eigenvalue weighted by Crippen LogP contribution is 2.47. The Hall–Kier alpha value is -5.70. The number of hydrogen-bond acceptors (Lipinski definition) is 2. The van der Waals surface area contributed by atoms with Crippen LogP contribution in [0.15, 0.2) is 176 Å². The molecule has 0 saturated carbocycles. The number of anilines is 3. The van der Waals surface area contributed by atoms with E-state index in [0.717, 1.165) is 11.4 Å². The zero-order chi connectivity index (χ0) is 30.5. The van der Waals surface area contributed by atoms with Gasteiger partial charge in [-0.3, -0.25) is 0 Å². The lowest BCUT2D eigenvalue weighted by atomic mass is 10.0. The lowest BCUT2D eigenvalue weighted by molar-refractivity contribution is 1.30. The number of hydrogen-bond donors (Lipinski definition) is 0. The van der Waals surface area contributed by atoms with Gasteiger partial charge in [-0.05, 0) is 80.2 Å².